The Bertz CT molecular complexity index is 429. The molecular formula is C13H16Br3NO3. The van der Waals surface area contributed by atoms with Crippen molar-refractivity contribution < 1.29 is 14.6 Å². The fourth-order valence-electron chi connectivity index (χ4n) is 1.98. The van der Waals surface area contributed by atoms with E-state index in [1.807, 2.05) is 12.1 Å². The van der Waals surface area contributed by atoms with Gasteiger partial charge in [0.15, 0.2) is 0 Å². The molecule has 0 bridgehead atoms. The number of benzene rings is 1. The Labute approximate surface area is 143 Å². The number of nitrogens with zero attached hydrogens (tertiary/aromatic N) is 1. The zero-order valence-electron chi connectivity index (χ0n) is 10.8. The third kappa shape index (κ3) is 4.96. The van der Waals surface area contributed by atoms with Crippen molar-refractivity contribution in [2.75, 3.05) is 39.5 Å². The summed E-state index contributed by atoms with van der Waals surface area (Å²) in [5.74, 6) is 0.703. The third-order valence-electron chi connectivity index (χ3n) is 2.96. The van der Waals surface area contributed by atoms with Crippen LogP contribution in [0, 0.1) is 0 Å². The molecule has 1 saturated heterocycles. The molecule has 20 heavy (non-hydrogen) atoms. The van der Waals surface area contributed by atoms with Crippen molar-refractivity contribution >= 4 is 47.8 Å². The van der Waals surface area contributed by atoms with Crippen LogP contribution < -0.4 is 4.74 Å². The highest BCUT2D eigenvalue weighted by Crippen LogP contribution is 2.36. The van der Waals surface area contributed by atoms with Gasteiger partial charge in [-0.25, -0.2) is 0 Å². The lowest BCUT2D eigenvalue weighted by molar-refractivity contribution is 0.00452. The lowest BCUT2D eigenvalue weighted by atomic mass is 10.3. The van der Waals surface area contributed by atoms with Crippen molar-refractivity contribution in [2.45, 2.75) is 6.10 Å². The molecule has 0 aromatic heterocycles. The summed E-state index contributed by atoms with van der Waals surface area (Å²) >= 11 is 10.3. The predicted molar refractivity (Wildman–Crippen MR) is 88.3 cm³/mol. The predicted octanol–water partition coefficient (Wildman–Crippen LogP) is 3.05. The quantitative estimate of drug-likeness (QED) is 0.713. The van der Waals surface area contributed by atoms with E-state index in [-0.39, 0.29) is 6.61 Å². The number of morpholine rings is 1. The molecule has 0 aliphatic carbocycles. The summed E-state index contributed by atoms with van der Waals surface area (Å²) in [7, 11) is 0. The van der Waals surface area contributed by atoms with E-state index < -0.39 is 6.10 Å². The molecule has 0 spiro atoms. The number of ether oxygens (including phenoxy) is 2. The second-order valence-electron chi connectivity index (χ2n) is 4.58. The van der Waals surface area contributed by atoms with E-state index >= 15 is 0 Å². The lowest BCUT2D eigenvalue weighted by Crippen LogP contribution is -2.42. The fourth-order valence-corrected chi connectivity index (χ4v) is 4.47. The Morgan fingerprint density at radius 3 is 2.40 bits per heavy atom. The maximum atomic E-state index is 10.1. The zero-order chi connectivity index (χ0) is 14.5. The van der Waals surface area contributed by atoms with E-state index in [0.29, 0.717) is 12.3 Å². The first-order valence-corrected chi connectivity index (χ1v) is 8.69. The van der Waals surface area contributed by atoms with Gasteiger partial charge in [-0.3, -0.25) is 4.90 Å². The van der Waals surface area contributed by atoms with Gasteiger partial charge in [-0.1, -0.05) is 15.9 Å². The van der Waals surface area contributed by atoms with Crippen LogP contribution in [-0.4, -0.2) is 55.6 Å². The van der Waals surface area contributed by atoms with Crippen LogP contribution in [0.15, 0.2) is 25.6 Å². The van der Waals surface area contributed by atoms with Crippen LogP contribution in [0.4, 0.5) is 0 Å². The monoisotopic (exact) mass is 471 g/mol. The Morgan fingerprint density at radius 2 is 1.80 bits per heavy atom. The summed E-state index contributed by atoms with van der Waals surface area (Å²) in [6.07, 6.45) is -0.518. The van der Waals surface area contributed by atoms with Crippen LogP contribution in [0.25, 0.3) is 0 Å². The van der Waals surface area contributed by atoms with Crippen LogP contribution in [0.3, 0.4) is 0 Å². The number of hydrogen-bond donors (Lipinski definition) is 1. The van der Waals surface area contributed by atoms with E-state index in [2.05, 4.69) is 52.7 Å². The molecule has 1 aromatic rings. The average molecular weight is 474 g/mol. The molecule has 1 aliphatic rings. The van der Waals surface area contributed by atoms with Gasteiger partial charge in [-0.2, -0.15) is 0 Å². The minimum absolute atomic E-state index is 0.260. The van der Waals surface area contributed by atoms with Gasteiger partial charge < -0.3 is 14.6 Å². The summed E-state index contributed by atoms with van der Waals surface area (Å²) in [5, 5.41) is 10.1. The van der Waals surface area contributed by atoms with Crippen LogP contribution in [0.1, 0.15) is 0 Å². The molecule has 1 heterocycles. The van der Waals surface area contributed by atoms with Crippen molar-refractivity contribution in [3.8, 4) is 5.75 Å². The topological polar surface area (TPSA) is 41.9 Å². The summed E-state index contributed by atoms with van der Waals surface area (Å²) < 4.78 is 13.6. The average Bonchev–Trinajstić information content (AvgIpc) is 2.38. The summed E-state index contributed by atoms with van der Waals surface area (Å²) in [5.41, 5.74) is 0. The number of hydrogen-bond acceptors (Lipinski definition) is 4. The molecule has 0 saturated carbocycles. The smallest absolute Gasteiger partial charge is 0.147 e. The number of aliphatic hydroxyl groups is 1. The van der Waals surface area contributed by atoms with Crippen molar-refractivity contribution in [2.24, 2.45) is 0 Å². The van der Waals surface area contributed by atoms with Crippen molar-refractivity contribution in [3.05, 3.63) is 25.6 Å². The van der Waals surface area contributed by atoms with E-state index in [9.17, 15) is 5.11 Å². The van der Waals surface area contributed by atoms with E-state index in [4.69, 9.17) is 9.47 Å². The Hall–Kier alpha value is 0.340. The molecule has 1 aromatic carbocycles. The molecule has 7 heteroatoms. The van der Waals surface area contributed by atoms with Crippen molar-refractivity contribution in [1.29, 1.82) is 0 Å². The van der Waals surface area contributed by atoms with Gasteiger partial charge in [0.05, 0.1) is 22.2 Å². The van der Waals surface area contributed by atoms with Gasteiger partial charge in [0, 0.05) is 24.1 Å². The minimum atomic E-state index is -0.518. The number of rotatable bonds is 5. The maximum Gasteiger partial charge on any atom is 0.147 e. The van der Waals surface area contributed by atoms with E-state index in [0.717, 1.165) is 39.7 Å². The van der Waals surface area contributed by atoms with Gasteiger partial charge in [-0.15, -0.1) is 0 Å². The first-order valence-electron chi connectivity index (χ1n) is 6.32. The van der Waals surface area contributed by atoms with Crippen molar-refractivity contribution in [1.82, 2.24) is 4.90 Å². The van der Waals surface area contributed by atoms with Crippen LogP contribution in [0.2, 0.25) is 0 Å². The molecule has 0 unspecified atom stereocenters. The standard InChI is InChI=1S/C13H16Br3NO3/c14-9-5-11(15)13(12(16)6-9)20-8-10(18)7-17-1-3-19-4-2-17/h5-6,10,18H,1-4,7-8H2/t10-/m0/s1. The van der Waals surface area contributed by atoms with E-state index in [1.165, 1.54) is 0 Å². The highest BCUT2D eigenvalue weighted by Gasteiger charge is 2.16. The maximum absolute atomic E-state index is 10.1. The molecule has 1 fully saturated rings. The first kappa shape index (κ1) is 16.7. The molecule has 0 amide bonds. The normalized spacial score (nSPS) is 18.0. The fraction of sp³-hybridized carbons (Fsp3) is 0.538. The SMILES string of the molecule is O[C@H](COc1c(Br)cc(Br)cc1Br)CN1CCOCC1. The minimum Gasteiger partial charge on any atom is -0.488 e. The van der Waals surface area contributed by atoms with Gasteiger partial charge in [0.1, 0.15) is 18.5 Å². The lowest BCUT2D eigenvalue weighted by Gasteiger charge is -2.28. The Balaban J connectivity index is 1.85. The third-order valence-corrected chi connectivity index (χ3v) is 4.59. The van der Waals surface area contributed by atoms with Crippen molar-refractivity contribution in [3.63, 3.8) is 0 Å². The highest BCUT2D eigenvalue weighted by atomic mass is 79.9. The van der Waals surface area contributed by atoms with Gasteiger partial charge in [0.2, 0.25) is 0 Å². The molecule has 0 radical (unpaired) electrons. The second kappa shape index (κ2) is 8.10. The molecule has 1 aliphatic heterocycles. The van der Waals surface area contributed by atoms with Crippen LogP contribution in [-0.2, 0) is 4.74 Å². The molecule has 2 rings (SSSR count). The number of β-amino-alcohol motifs (C(OH)–C–C–N with tert-alkyl or cyclic N) is 1. The number of halogens is 3. The summed E-state index contributed by atoms with van der Waals surface area (Å²) in [4.78, 5) is 2.18. The molecule has 4 nitrogen and oxygen atoms in total. The van der Waals surface area contributed by atoms with Gasteiger partial charge >= 0.3 is 0 Å². The molecular weight excluding hydrogens is 458 g/mol. The largest absolute Gasteiger partial charge is 0.488 e. The van der Waals surface area contributed by atoms with E-state index in [1.54, 1.807) is 0 Å². The van der Waals surface area contributed by atoms with Crippen LogP contribution in [0.5, 0.6) is 5.75 Å². The molecule has 1 N–H and O–H groups in total. The molecule has 1 atom stereocenters. The first-order chi connectivity index (χ1) is 9.56. The highest BCUT2D eigenvalue weighted by molar-refractivity contribution is 9.11. The Kier molecular flexibility index (Phi) is 6.77. The second-order valence-corrected chi connectivity index (χ2v) is 7.20. The van der Waals surface area contributed by atoms with Gasteiger partial charge in [0.25, 0.3) is 0 Å². The van der Waals surface area contributed by atoms with Crippen LogP contribution >= 0.6 is 47.8 Å². The summed E-state index contributed by atoms with van der Waals surface area (Å²) in [6, 6.07) is 3.82. The summed E-state index contributed by atoms with van der Waals surface area (Å²) in [6.45, 7) is 4.06. The van der Waals surface area contributed by atoms with Gasteiger partial charge in [-0.05, 0) is 44.0 Å². The molecule has 112 valence electrons. The zero-order valence-corrected chi connectivity index (χ0v) is 15.6. The Morgan fingerprint density at radius 1 is 1.20 bits per heavy atom. The number of aliphatic hydroxyl groups excluding tert-OH is 1.